The van der Waals surface area contributed by atoms with E-state index in [4.69, 9.17) is 33.8 Å². The van der Waals surface area contributed by atoms with Gasteiger partial charge < -0.3 is 13.3 Å². The summed E-state index contributed by atoms with van der Waals surface area (Å²) in [7, 11) is 0. The second kappa shape index (κ2) is 32.0. The maximum atomic E-state index is 8.92. The van der Waals surface area contributed by atoms with E-state index < -0.39 is 18.1 Å². The van der Waals surface area contributed by atoms with Crippen molar-refractivity contribution in [2.45, 2.75) is 0 Å². The molecule has 27 rings (SSSR count). The molecule has 0 bridgehead atoms. The average Bonchev–Trinajstić information content (AvgIpc) is 1.68. The molecule has 0 aliphatic rings. The molecule has 0 saturated carbocycles. The zero-order valence-corrected chi connectivity index (χ0v) is 70.3. The third kappa shape index (κ3) is 12.7. The number of furan rings is 3. The smallest absolute Gasteiger partial charge is 0.143 e. The van der Waals surface area contributed by atoms with Crippen LogP contribution in [0.5, 0.6) is 0 Å². The summed E-state index contributed by atoms with van der Waals surface area (Å²) in [6, 6.07) is 129. The van der Waals surface area contributed by atoms with Crippen LogP contribution in [0.2, 0.25) is 0 Å². The van der Waals surface area contributed by atoms with E-state index in [-0.39, 0.29) is 89.2 Å². The molecule has 610 valence electrons. The number of para-hydroxylation sites is 3. The molecule has 3 heterocycles. The Balaban J connectivity index is 0.000000115. The molecule has 24 aromatic carbocycles. The highest BCUT2D eigenvalue weighted by Gasteiger charge is 2.28. The Hall–Kier alpha value is -17.2. The zero-order chi connectivity index (χ0) is 99.5. The zero-order valence-electron chi connectivity index (χ0n) is 85.3. The lowest BCUT2D eigenvalue weighted by molar-refractivity contribution is 0.669. The molecule has 0 amide bonds. The van der Waals surface area contributed by atoms with Gasteiger partial charge in [-0.3, -0.25) is 0 Å². The minimum absolute atomic E-state index is 0.198. The predicted molar refractivity (Wildman–Crippen MR) is 556 cm³/mol. The standard InChI is InChI=1S/C46H28O.C44H28O.C38H24O/c1-2-14-29(15-3-1)43-34-20-8-10-22-36(34)44(37-23-11-9-21-35(37)43)39-25-13-27-42-45(39)40-26-12-24-38(46(40)47-42)41-28-30-16-4-5-17-31(30)32-18-6-7-19-33(32)41;1-3-15-29(16-4-1)31-19-7-8-20-32(31)37-25-13-27-39-43-38(26-14-28-40(43)45-44(37)39)42-35-23-11-9-21-33(35)41(30-17-5-2-6-18-30)34-22-10-12-24-36(34)42;1-3-13-25(14-4-1)27-21-11-23-33-37-32(22-12-24-34(37)39-38(27)33)36-30-19-9-7-17-28(30)35(26-15-5-2-6-16-26)29-18-8-10-20-31(29)36/h1-28H;1-28H;1-24H/i1D,2D,3D,14D,15D;2D,5D,6D,17D,18D;2D,5D,6D,15D,16D. The van der Waals surface area contributed by atoms with E-state index in [9.17, 15) is 0 Å². The Bertz CT molecular complexity index is 9980. The Labute approximate surface area is 777 Å². The lowest BCUT2D eigenvalue weighted by atomic mass is 9.85. The normalized spacial score (nSPS) is 13.3. The largest absolute Gasteiger partial charge is 0.455 e. The monoisotopic (exact) mass is 1680 g/mol. The quantitative estimate of drug-likeness (QED) is 0.101. The first-order valence-corrected chi connectivity index (χ1v) is 43.8. The fourth-order valence-electron chi connectivity index (χ4n) is 20.5. The van der Waals surface area contributed by atoms with Crippen molar-refractivity contribution in [2.24, 2.45) is 0 Å². The van der Waals surface area contributed by atoms with Gasteiger partial charge in [0.05, 0.1) is 20.6 Å². The summed E-state index contributed by atoms with van der Waals surface area (Å²) in [5.74, 6) is 0. The molecular formula is C128H80O3. The molecule has 3 heteroatoms. The molecule has 0 spiro atoms. The van der Waals surface area contributed by atoms with Gasteiger partial charge in [-0.1, -0.05) is 461 Å². The van der Waals surface area contributed by atoms with Crippen molar-refractivity contribution in [3.05, 3.63) is 485 Å². The fourth-order valence-corrected chi connectivity index (χ4v) is 20.5. The minimum Gasteiger partial charge on any atom is -0.455 e. The molecule has 0 aliphatic carbocycles. The number of rotatable bonds is 10. The van der Waals surface area contributed by atoms with Crippen LogP contribution in [-0.4, -0.2) is 0 Å². The molecule has 0 saturated heterocycles. The predicted octanol–water partition coefficient (Wildman–Crippen LogP) is 36.7. The van der Waals surface area contributed by atoms with E-state index >= 15 is 0 Å². The maximum absolute atomic E-state index is 8.92. The molecule has 0 N–H and O–H groups in total. The summed E-state index contributed by atoms with van der Waals surface area (Å²) in [5.41, 5.74) is 21.8. The van der Waals surface area contributed by atoms with Crippen LogP contribution in [0.1, 0.15) is 20.6 Å². The summed E-state index contributed by atoms with van der Waals surface area (Å²) in [6.07, 6.45) is 0. The number of hydrogen-bond donors (Lipinski definition) is 0. The van der Waals surface area contributed by atoms with Gasteiger partial charge in [0.15, 0.2) is 0 Å². The fraction of sp³-hybridized carbons (Fsp3) is 0. The molecule has 0 radical (unpaired) electrons. The van der Waals surface area contributed by atoms with Gasteiger partial charge in [-0.05, 0) is 205 Å². The van der Waals surface area contributed by atoms with E-state index in [0.717, 1.165) is 214 Å². The first kappa shape index (κ1) is 62.0. The van der Waals surface area contributed by atoms with Crippen molar-refractivity contribution in [2.75, 3.05) is 0 Å². The molecule has 3 nitrogen and oxygen atoms in total. The van der Waals surface area contributed by atoms with Crippen molar-refractivity contribution in [3.8, 4) is 111 Å². The van der Waals surface area contributed by atoms with Crippen molar-refractivity contribution in [1.82, 2.24) is 0 Å². The van der Waals surface area contributed by atoms with Crippen LogP contribution in [-0.2, 0) is 0 Å². The van der Waals surface area contributed by atoms with Gasteiger partial charge in [-0.2, -0.15) is 0 Å². The first-order valence-electron chi connectivity index (χ1n) is 51.3. The van der Waals surface area contributed by atoms with Crippen molar-refractivity contribution < 1.29 is 33.8 Å². The van der Waals surface area contributed by atoms with Crippen LogP contribution in [0.15, 0.2) is 498 Å². The molecule has 131 heavy (non-hydrogen) atoms. The molecule has 3 aromatic heterocycles. The third-order valence-electron chi connectivity index (χ3n) is 25.9. The van der Waals surface area contributed by atoms with Crippen molar-refractivity contribution >= 4 is 152 Å². The van der Waals surface area contributed by atoms with Crippen LogP contribution in [0.4, 0.5) is 0 Å². The molecule has 0 aliphatic heterocycles. The van der Waals surface area contributed by atoms with E-state index in [1.54, 1.807) is 0 Å². The Morgan fingerprint density at radius 3 is 0.756 bits per heavy atom. The molecule has 0 fully saturated rings. The SMILES string of the molecule is [2H]c1c([2H])c([2H])c(-c2c3ccccc3c(-c3cccc4oc5c(-c6cc7ccccc7c7ccccc67)cccc5c34)c3ccccc23)c([2H])c1[2H].[2H]c1c([2H])c([2H])c(-c2c3ccccc3c(-c3cccc4oc5c(-c6ccccc6)cccc5c34)c3ccccc23)c([2H])c1[2H].[2H]c1c([2H])c([2H])c(-c2c3ccccc3c(-c3cccc4oc5c(-c6ccccc6-c6ccccc6)cccc5c34)c3ccccc23)c([2H])c1[2H]. The summed E-state index contributed by atoms with van der Waals surface area (Å²) >= 11 is 0. The van der Waals surface area contributed by atoms with E-state index in [1.807, 2.05) is 182 Å². The second-order valence-corrected chi connectivity index (χ2v) is 32.9. The van der Waals surface area contributed by atoms with Gasteiger partial charge in [-0.25, -0.2) is 0 Å². The lowest BCUT2D eigenvalue weighted by Gasteiger charge is -2.18. The van der Waals surface area contributed by atoms with E-state index in [2.05, 4.69) is 212 Å². The van der Waals surface area contributed by atoms with Gasteiger partial charge in [-0.15, -0.1) is 0 Å². The molecule has 0 atom stereocenters. The molecular weight excluding hydrogens is 1590 g/mol. The minimum atomic E-state index is -0.404. The number of benzene rings is 24. The first-order chi connectivity index (χ1) is 71.3. The Kier molecular flexibility index (Phi) is 15.1. The van der Waals surface area contributed by atoms with Gasteiger partial charge in [0.2, 0.25) is 0 Å². The van der Waals surface area contributed by atoms with Crippen molar-refractivity contribution in [1.29, 1.82) is 0 Å². The maximum Gasteiger partial charge on any atom is 0.143 e. The molecule has 0 unspecified atom stereocenters. The van der Waals surface area contributed by atoms with Crippen LogP contribution < -0.4 is 0 Å². The lowest BCUT2D eigenvalue weighted by Crippen LogP contribution is -1.91. The van der Waals surface area contributed by atoms with Crippen LogP contribution >= 0.6 is 0 Å². The topological polar surface area (TPSA) is 39.4 Å². The van der Waals surface area contributed by atoms with Crippen molar-refractivity contribution in [3.63, 3.8) is 0 Å². The van der Waals surface area contributed by atoms with Crippen LogP contribution in [0.25, 0.3) is 263 Å². The average molecular weight is 1680 g/mol. The van der Waals surface area contributed by atoms with Gasteiger partial charge >= 0.3 is 0 Å². The number of hydrogen-bond acceptors (Lipinski definition) is 3. The third-order valence-corrected chi connectivity index (χ3v) is 25.9. The van der Waals surface area contributed by atoms with Crippen LogP contribution in [0, 0.1) is 0 Å². The summed E-state index contributed by atoms with van der Waals surface area (Å²) in [5, 5.41) is 21.1. The van der Waals surface area contributed by atoms with Gasteiger partial charge in [0, 0.05) is 49.0 Å². The summed E-state index contributed by atoms with van der Waals surface area (Å²) in [6.45, 7) is 0. The summed E-state index contributed by atoms with van der Waals surface area (Å²) < 4.78 is 149. The highest BCUT2D eigenvalue weighted by Crippen LogP contribution is 2.54. The van der Waals surface area contributed by atoms with Gasteiger partial charge in [0.1, 0.15) is 33.5 Å². The number of fused-ring (bicyclic) bond motifs is 18. The van der Waals surface area contributed by atoms with Crippen LogP contribution in [0.3, 0.4) is 0 Å². The van der Waals surface area contributed by atoms with Gasteiger partial charge in [0.25, 0.3) is 0 Å². The molecule has 27 aromatic rings. The van der Waals surface area contributed by atoms with E-state index in [0.29, 0.717) is 16.7 Å². The highest BCUT2D eigenvalue weighted by atomic mass is 16.3. The Morgan fingerprint density at radius 2 is 0.389 bits per heavy atom. The highest BCUT2D eigenvalue weighted by molar-refractivity contribution is 6.31. The summed E-state index contributed by atoms with van der Waals surface area (Å²) in [4.78, 5) is 0. The second-order valence-electron chi connectivity index (χ2n) is 32.9. The van der Waals surface area contributed by atoms with E-state index in [1.165, 1.54) is 16.2 Å². The Morgan fingerprint density at radius 1 is 0.145 bits per heavy atom.